The number of carboxylic acids is 1. The number of carboxylic acid groups (broad SMARTS) is 1. The summed E-state index contributed by atoms with van der Waals surface area (Å²) in [7, 11) is 0. The van der Waals surface area contributed by atoms with Crippen LogP contribution >= 0.6 is 0 Å². The van der Waals surface area contributed by atoms with Gasteiger partial charge in [0.1, 0.15) is 0 Å². The van der Waals surface area contributed by atoms with E-state index < -0.39 is 5.97 Å². The summed E-state index contributed by atoms with van der Waals surface area (Å²) in [4.78, 5) is 15.3. The molecule has 6 nitrogen and oxygen atoms in total. The Morgan fingerprint density at radius 2 is 2.19 bits per heavy atom. The van der Waals surface area contributed by atoms with Gasteiger partial charge in [-0.15, -0.1) is 0 Å². The lowest BCUT2D eigenvalue weighted by Gasteiger charge is -2.00. The van der Waals surface area contributed by atoms with Crippen molar-refractivity contribution in [1.82, 2.24) is 14.7 Å². The van der Waals surface area contributed by atoms with Gasteiger partial charge in [0, 0.05) is 23.5 Å². The molecule has 3 rings (SSSR count). The second kappa shape index (κ2) is 5.40. The zero-order chi connectivity index (χ0) is 14.8. The molecule has 6 heteroatoms. The van der Waals surface area contributed by atoms with Crippen molar-refractivity contribution >= 4 is 16.9 Å². The Kier molecular flexibility index (Phi) is 3.43. The molecule has 0 saturated carbocycles. The number of aliphatic carboxylic acids is 1. The predicted molar refractivity (Wildman–Crippen MR) is 76.1 cm³/mol. The van der Waals surface area contributed by atoms with Crippen LogP contribution in [-0.2, 0) is 24.2 Å². The van der Waals surface area contributed by atoms with E-state index in [2.05, 4.69) is 10.1 Å². The summed E-state index contributed by atoms with van der Waals surface area (Å²) >= 11 is 0. The van der Waals surface area contributed by atoms with Gasteiger partial charge < -0.3 is 14.2 Å². The van der Waals surface area contributed by atoms with E-state index in [0.717, 1.165) is 16.5 Å². The van der Waals surface area contributed by atoms with Crippen molar-refractivity contribution in [1.29, 1.82) is 0 Å². The molecule has 0 aliphatic carbocycles. The third-order valence-corrected chi connectivity index (χ3v) is 3.34. The van der Waals surface area contributed by atoms with E-state index in [1.165, 1.54) is 0 Å². The smallest absolute Gasteiger partial charge is 0.307 e. The molecule has 0 saturated heterocycles. The number of nitrogens with zero attached hydrogens (tertiary/aromatic N) is 3. The maximum atomic E-state index is 11.0. The molecule has 0 radical (unpaired) electrons. The fourth-order valence-corrected chi connectivity index (χ4v) is 2.41. The molecule has 0 amide bonds. The number of hydrogen-bond acceptors (Lipinski definition) is 4. The molecule has 3 aromatic rings. The lowest BCUT2D eigenvalue weighted by molar-refractivity contribution is -0.136. The van der Waals surface area contributed by atoms with E-state index in [1.807, 2.05) is 42.0 Å². The summed E-state index contributed by atoms with van der Waals surface area (Å²) < 4.78 is 7.06. The number of aromatic nitrogens is 3. The van der Waals surface area contributed by atoms with Crippen molar-refractivity contribution in [2.75, 3.05) is 0 Å². The van der Waals surface area contributed by atoms with Crippen molar-refractivity contribution in [3.63, 3.8) is 0 Å². The fourth-order valence-electron chi connectivity index (χ4n) is 2.41. The topological polar surface area (TPSA) is 81.2 Å². The Labute approximate surface area is 121 Å². The average Bonchev–Trinajstić information content (AvgIpc) is 3.05. The van der Waals surface area contributed by atoms with Gasteiger partial charge >= 0.3 is 5.97 Å². The molecule has 2 aromatic heterocycles. The molecule has 0 atom stereocenters. The van der Waals surface area contributed by atoms with Crippen molar-refractivity contribution in [3.8, 4) is 0 Å². The molecule has 0 aliphatic rings. The van der Waals surface area contributed by atoms with E-state index >= 15 is 0 Å². The maximum Gasteiger partial charge on any atom is 0.307 e. The largest absolute Gasteiger partial charge is 0.481 e. The van der Waals surface area contributed by atoms with Crippen LogP contribution in [-0.4, -0.2) is 25.8 Å². The highest BCUT2D eigenvalue weighted by Gasteiger charge is 2.13. The molecule has 1 aromatic carbocycles. The van der Waals surface area contributed by atoms with Crippen LogP contribution in [0.3, 0.4) is 0 Å². The molecule has 0 aliphatic heterocycles. The van der Waals surface area contributed by atoms with Crippen LogP contribution in [0, 0.1) is 0 Å². The number of para-hydroxylation sites is 1. The summed E-state index contributed by atoms with van der Waals surface area (Å²) in [5, 5.41) is 13.9. The molecule has 108 valence electrons. The van der Waals surface area contributed by atoms with Crippen LogP contribution in [0.1, 0.15) is 24.2 Å². The van der Waals surface area contributed by atoms with Gasteiger partial charge in [-0.1, -0.05) is 30.3 Å². The minimum absolute atomic E-state index is 0.0000324. The van der Waals surface area contributed by atoms with Crippen molar-refractivity contribution in [2.45, 2.75) is 26.3 Å². The molecule has 21 heavy (non-hydrogen) atoms. The first-order valence-electron chi connectivity index (χ1n) is 6.77. The SMILES string of the molecule is CCc1nc(Cn2cc(CC(=O)O)c3ccccc32)no1. The lowest BCUT2D eigenvalue weighted by Crippen LogP contribution is -2.01. The first kappa shape index (κ1) is 13.4. The Morgan fingerprint density at radius 3 is 2.90 bits per heavy atom. The molecule has 0 fully saturated rings. The number of hydrogen-bond donors (Lipinski definition) is 1. The molecular formula is C15H15N3O3. The zero-order valence-corrected chi connectivity index (χ0v) is 11.6. The number of rotatable bonds is 5. The first-order valence-corrected chi connectivity index (χ1v) is 6.77. The molecule has 0 spiro atoms. The summed E-state index contributed by atoms with van der Waals surface area (Å²) in [6.07, 6.45) is 2.55. The van der Waals surface area contributed by atoms with E-state index in [1.54, 1.807) is 0 Å². The summed E-state index contributed by atoms with van der Waals surface area (Å²) in [6, 6.07) is 7.72. The minimum Gasteiger partial charge on any atom is -0.481 e. The van der Waals surface area contributed by atoms with Crippen molar-refractivity contribution < 1.29 is 14.4 Å². The zero-order valence-electron chi connectivity index (χ0n) is 11.6. The molecule has 2 heterocycles. The quantitative estimate of drug-likeness (QED) is 0.777. The summed E-state index contributed by atoms with van der Waals surface area (Å²) in [5.74, 6) is 0.354. The van der Waals surface area contributed by atoms with Crippen molar-refractivity contribution in [2.24, 2.45) is 0 Å². The minimum atomic E-state index is -0.842. The third kappa shape index (κ3) is 2.65. The van der Waals surface area contributed by atoms with E-state index in [0.29, 0.717) is 24.7 Å². The molecular weight excluding hydrogens is 270 g/mol. The second-order valence-corrected chi connectivity index (χ2v) is 4.83. The monoisotopic (exact) mass is 285 g/mol. The van der Waals surface area contributed by atoms with E-state index in [4.69, 9.17) is 9.63 Å². The van der Waals surface area contributed by atoms with Gasteiger partial charge in [0.2, 0.25) is 5.89 Å². The Hall–Kier alpha value is -2.63. The molecule has 0 bridgehead atoms. The Balaban J connectivity index is 1.99. The first-order chi connectivity index (χ1) is 10.2. The number of carbonyl (C=O) groups is 1. The number of fused-ring (bicyclic) bond motifs is 1. The molecule has 1 N–H and O–H groups in total. The van der Waals surface area contributed by atoms with Crippen LogP contribution in [0.2, 0.25) is 0 Å². The van der Waals surface area contributed by atoms with Gasteiger partial charge in [-0.2, -0.15) is 4.98 Å². The lowest BCUT2D eigenvalue weighted by atomic mass is 10.1. The number of aryl methyl sites for hydroxylation is 1. The standard InChI is InChI=1S/C15H15N3O3/c1-2-14-16-13(17-21-14)9-18-8-10(7-15(19)20)11-5-3-4-6-12(11)18/h3-6,8H,2,7,9H2,1H3,(H,19,20). The third-order valence-electron chi connectivity index (χ3n) is 3.34. The van der Waals surface area contributed by atoms with Crippen LogP contribution in [0.25, 0.3) is 10.9 Å². The van der Waals surface area contributed by atoms with Gasteiger partial charge in [0.05, 0.1) is 13.0 Å². The van der Waals surface area contributed by atoms with Crippen LogP contribution in [0.4, 0.5) is 0 Å². The predicted octanol–water partition coefficient (Wildman–Crippen LogP) is 2.26. The molecule has 0 unspecified atom stereocenters. The maximum absolute atomic E-state index is 11.0. The number of benzene rings is 1. The van der Waals surface area contributed by atoms with Crippen LogP contribution in [0.15, 0.2) is 35.0 Å². The van der Waals surface area contributed by atoms with E-state index in [-0.39, 0.29) is 6.42 Å². The van der Waals surface area contributed by atoms with Gasteiger partial charge in [-0.3, -0.25) is 4.79 Å². The normalized spacial score (nSPS) is 11.1. The Bertz CT molecular complexity index is 788. The van der Waals surface area contributed by atoms with Gasteiger partial charge in [0.15, 0.2) is 5.82 Å². The highest BCUT2D eigenvalue weighted by Crippen LogP contribution is 2.22. The Morgan fingerprint density at radius 1 is 1.38 bits per heavy atom. The average molecular weight is 285 g/mol. The summed E-state index contributed by atoms with van der Waals surface area (Å²) in [5.41, 5.74) is 1.76. The fraction of sp³-hybridized carbons (Fsp3) is 0.267. The van der Waals surface area contributed by atoms with Gasteiger partial charge in [0.25, 0.3) is 0 Å². The van der Waals surface area contributed by atoms with E-state index in [9.17, 15) is 4.79 Å². The van der Waals surface area contributed by atoms with Crippen LogP contribution in [0.5, 0.6) is 0 Å². The van der Waals surface area contributed by atoms with Crippen LogP contribution < -0.4 is 0 Å². The highest BCUT2D eigenvalue weighted by molar-refractivity contribution is 5.87. The summed E-state index contributed by atoms with van der Waals surface area (Å²) in [6.45, 7) is 2.41. The van der Waals surface area contributed by atoms with Gasteiger partial charge in [-0.25, -0.2) is 0 Å². The highest BCUT2D eigenvalue weighted by atomic mass is 16.5. The second-order valence-electron chi connectivity index (χ2n) is 4.83. The van der Waals surface area contributed by atoms with Crippen molar-refractivity contribution in [3.05, 3.63) is 47.7 Å². The van der Waals surface area contributed by atoms with Gasteiger partial charge in [-0.05, 0) is 11.6 Å².